The number of amides is 2. The maximum absolute atomic E-state index is 12.9. The van der Waals surface area contributed by atoms with Crippen LogP contribution >= 0.6 is 0 Å². The molecule has 0 saturated carbocycles. The highest BCUT2D eigenvalue weighted by atomic mass is 16.6. The molecule has 32 heavy (non-hydrogen) atoms. The topological polar surface area (TPSA) is 76.5 Å². The number of hydrogen-bond donors (Lipinski definition) is 1. The summed E-state index contributed by atoms with van der Waals surface area (Å²) in [5, 5.41) is 7.25. The average Bonchev–Trinajstić information content (AvgIpc) is 3.18. The summed E-state index contributed by atoms with van der Waals surface area (Å²) in [5.41, 5.74) is 3.40. The van der Waals surface area contributed by atoms with Crippen LogP contribution in [0.25, 0.3) is 5.69 Å². The first-order valence-electron chi connectivity index (χ1n) is 10.6. The van der Waals surface area contributed by atoms with Gasteiger partial charge in [-0.05, 0) is 76.1 Å². The molecule has 0 aliphatic rings. The molecule has 0 saturated heterocycles. The third-order valence-corrected chi connectivity index (χ3v) is 4.77. The summed E-state index contributed by atoms with van der Waals surface area (Å²) in [6.07, 6.45) is 3.33. The Kier molecular flexibility index (Phi) is 6.98. The van der Waals surface area contributed by atoms with Crippen LogP contribution in [0.1, 0.15) is 49.2 Å². The minimum absolute atomic E-state index is 0.221. The Morgan fingerprint density at radius 1 is 1.09 bits per heavy atom. The highest BCUT2D eigenvalue weighted by Crippen LogP contribution is 2.20. The van der Waals surface area contributed by atoms with E-state index in [2.05, 4.69) is 10.4 Å². The zero-order chi connectivity index (χ0) is 23.3. The summed E-state index contributed by atoms with van der Waals surface area (Å²) in [7, 11) is 0. The first-order chi connectivity index (χ1) is 15.2. The molecule has 0 bridgehead atoms. The fourth-order valence-electron chi connectivity index (χ4n) is 3.13. The van der Waals surface area contributed by atoms with Crippen LogP contribution in [0.3, 0.4) is 0 Å². The number of rotatable bonds is 6. The van der Waals surface area contributed by atoms with E-state index in [1.165, 1.54) is 0 Å². The van der Waals surface area contributed by atoms with Crippen molar-refractivity contribution in [3.8, 4) is 5.69 Å². The van der Waals surface area contributed by atoms with Crippen LogP contribution in [0.2, 0.25) is 0 Å². The lowest BCUT2D eigenvalue weighted by molar-refractivity contribution is 0.0245. The zero-order valence-corrected chi connectivity index (χ0v) is 19.3. The molecule has 0 spiro atoms. The molecule has 0 fully saturated rings. The predicted molar refractivity (Wildman–Crippen MR) is 125 cm³/mol. The largest absolute Gasteiger partial charge is 0.444 e. The van der Waals surface area contributed by atoms with Crippen LogP contribution in [0, 0.1) is 6.92 Å². The lowest BCUT2D eigenvalue weighted by atomic mass is 10.1. The monoisotopic (exact) mass is 434 g/mol. The molecular formula is C25H30N4O3. The quantitative estimate of drug-likeness (QED) is 0.579. The van der Waals surface area contributed by atoms with Crippen molar-refractivity contribution in [3.05, 3.63) is 77.6 Å². The molecule has 1 N–H and O–H groups in total. The number of carbonyl (C=O) groups excluding carboxylic acids is 2. The molecule has 1 aromatic heterocycles. The van der Waals surface area contributed by atoms with Gasteiger partial charge < -0.3 is 15.0 Å². The van der Waals surface area contributed by atoms with Crippen molar-refractivity contribution in [2.75, 3.05) is 11.9 Å². The van der Waals surface area contributed by atoms with Gasteiger partial charge >= 0.3 is 6.09 Å². The highest BCUT2D eigenvalue weighted by molar-refractivity contribution is 6.04. The van der Waals surface area contributed by atoms with Gasteiger partial charge in [0.1, 0.15) is 5.60 Å². The number of hydrogen-bond acceptors (Lipinski definition) is 4. The summed E-state index contributed by atoms with van der Waals surface area (Å²) in [6, 6.07) is 14.7. The van der Waals surface area contributed by atoms with Crippen molar-refractivity contribution in [2.45, 2.75) is 46.8 Å². The maximum atomic E-state index is 12.9. The standard InChI is InChI=1S/C25H30N4O3/c1-6-28(24(31)32-25(3,4)5)17-20-9-7-8-10-22(20)27-23(30)19-11-13-21(14-12-19)29-16-18(2)15-26-29/h7-16H,6,17H2,1-5H3,(H,27,30). The number of aromatic nitrogens is 2. The summed E-state index contributed by atoms with van der Waals surface area (Å²) >= 11 is 0. The van der Waals surface area contributed by atoms with Gasteiger partial charge in [-0.15, -0.1) is 0 Å². The number of benzene rings is 2. The van der Waals surface area contributed by atoms with Crippen molar-refractivity contribution in [2.24, 2.45) is 0 Å². The number of ether oxygens (including phenoxy) is 1. The van der Waals surface area contributed by atoms with E-state index in [4.69, 9.17) is 4.74 Å². The second-order valence-electron chi connectivity index (χ2n) is 8.61. The summed E-state index contributed by atoms with van der Waals surface area (Å²) in [5.74, 6) is -0.221. The van der Waals surface area contributed by atoms with E-state index in [-0.39, 0.29) is 12.0 Å². The van der Waals surface area contributed by atoms with Crippen molar-refractivity contribution < 1.29 is 14.3 Å². The van der Waals surface area contributed by atoms with Crippen molar-refractivity contribution in [1.82, 2.24) is 14.7 Å². The second kappa shape index (κ2) is 9.68. The molecule has 7 heteroatoms. The molecule has 1 heterocycles. The van der Waals surface area contributed by atoms with Gasteiger partial charge in [0.25, 0.3) is 5.91 Å². The van der Waals surface area contributed by atoms with Gasteiger partial charge in [0.05, 0.1) is 18.4 Å². The van der Waals surface area contributed by atoms with Gasteiger partial charge in [-0.1, -0.05) is 18.2 Å². The van der Waals surface area contributed by atoms with Crippen LogP contribution in [-0.2, 0) is 11.3 Å². The molecule has 0 aliphatic heterocycles. The molecule has 7 nitrogen and oxygen atoms in total. The first-order valence-corrected chi connectivity index (χ1v) is 10.6. The molecule has 3 aromatic rings. The van der Waals surface area contributed by atoms with E-state index in [9.17, 15) is 9.59 Å². The Hall–Kier alpha value is -3.61. The minimum atomic E-state index is -0.570. The van der Waals surface area contributed by atoms with E-state index < -0.39 is 5.60 Å². The lowest BCUT2D eigenvalue weighted by Gasteiger charge is -2.27. The Bertz CT molecular complexity index is 1080. The zero-order valence-electron chi connectivity index (χ0n) is 19.3. The van der Waals surface area contributed by atoms with E-state index >= 15 is 0 Å². The van der Waals surface area contributed by atoms with Crippen LogP contribution in [0.5, 0.6) is 0 Å². The predicted octanol–water partition coefficient (Wildman–Crippen LogP) is 5.19. The third kappa shape index (κ3) is 5.97. The Morgan fingerprint density at radius 2 is 1.78 bits per heavy atom. The number of nitrogens with one attached hydrogen (secondary N) is 1. The molecule has 0 radical (unpaired) electrons. The third-order valence-electron chi connectivity index (χ3n) is 4.77. The van der Waals surface area contributed by atoms with Gasteiger partial charge in [0.2, 0.25) is 0 Å². The first kappa shape index (κ1) is 23.1. The number of carbonyl (C=O) groups is 2. The van der Waals surface area contributed by atoms with Gasteiger partial charge in [-0.2, -0.15) is 5.10 Å². The van der Waals surface area contributed by atoms with Crippen molar-refractivity contribution >= 4 is 17.7 Å². The average molecular weight is 435 g/mol. The molecule has 0 unspecified atom stereocenters. The molecular weight excluding hydrogens is 404 g/mol. The summed E-state index contributed by atoms with van der Waals surface area (Å²) in [6.45, 7) is 10.2. The molecule has 0 atom stereocenters. The second-order valence-corrected chi connectivity index (χ2v) is 8.61. The normalized spacial score (nSPS) is 11.2. The lowest BCUT2D eigenvalue weighted by Crippen LogP contribution is -2.36. The molecule has 2 amide bonds. The number of para-hydroxylation sites is 1. The van der Waals surface area contributed by atoms with E-state index in [0.29, 0.717) is 24.3 Å². The maximum Gasteiger partial charge on any atom is 0.410 e. The van der Waals surface area contributed by atoms with Crippen LogP contribution in [0.15, 0.2) is 60.9 Å². The van der Waals surface area contributed by atoms with E-state index in [0.717, 1.165) is 16.8 Å². The van der Waals surface area contributed by atoms with E-state index in [1.54, 1.807) is 27.9 Å². The Labute approximate surface area is 189 Å². The number of nitrogens with zero attached hydrogens (tertiary/aromatic N) is 3. The van der Waals surface area contributed by atoms with Gasteiger partial charge in [-0.25, -0.2) is 9.48 Å². The number of aryl methyl sites for hydroxylation is 1. The van der Waals surface area contributed by atoms with Gasteiger partial charge in [0, 0.05) is 24.0 Å². The SMILES string of the molecule is CCN(Cc1ccccc1NC(=O)c1ccc(-n2cc(C)cn2)cc1)C(=O)OC(C)(C)C. The highest BCUT2D eigenvalue weighted by Gasteiger charge is 2.22. The van der Waals surface area contributed by atoms with Crippen LogP contribution in [-0.4, -0.2) is 38.8 Å². The minimum Gasteiger partial charge on any atom is -0.444 e. The summed E-state index contributed by atoms with van der Waals surface area (Å²) in [4.78, 5) is 27.0. The van der Waals surface area contributed by atoms with Crippen molar-refractivity contribution in [1.29, 1.82) is 0 Å². The Morgan fingerprint density at radius 3 is 2.38 bits per heavy atom. The molecule has 2 aromatic carbocycles. The summed E-state index contributed by atoms with van der Waals surface area (Å²) < 4.78 is 7.26. The molecule has 0 aliphatic carbocycles. The van der Waals surface area contributed by atoms with Gasteiger partial charge in [0.15, 0.2) is 0 Å². The molecule has 168 valence electrons. The fraction of sp³-hybridized carbons (Fsp3) is 0.320. The number of anilines is 1. The van der Waals surface area contributed by atoms with E-state index in [1.807, 2.05) is 77.2 Å². The van der Waals surface area contributed by atoms with Crippen LogP contribution < -0.4 is 5.32 Å². The van der Waals surface area contributed by atoms with Gasteiger partial charge in [-0.3, -0.25) is 4.79 Å². The molecule has 3 rings (SSSR count). The van der Waals surface area contributed by atoms with Crippen molar-refractivity contribution in [3.63, 3.8) is 0 Å². The fourth-order valence-corrected chi connectivity index (χ4v) is 3.13. The Balaban J connectivity index is 1.72. The smallest absolute Gasteiger partial charge is 0.410 e. The van der Waals surface area contributed by atoms with Crippen LogP contribution in [0.4, 0.5) is 10.5 Å².